The summed E-state index contributed by atoms with van der Waals surface area (Å²) < 4.78 is 25.1. The van der Waals surface area contributed by atoms with Crippen LogP contribution in [0.2, 0.25) is 0 Å². The summed E-state index contributed by atoms with van der Waals surface area (Å²) in [5.74, 6) is -0.886. The summed E-state index contributed by atoms with van der Waals surface area (Å²) in [7, 11) is 0. The maximum absolute atomic E-state index is 13.3. The van der Waals surface area contributed by atoms with E-state index in [9.17, 15) is 9.18 Å². The van der Waals surface area contributed by atoms with Crippen molar-refractivity contribution in [1.29, 1.82) is 0 Å². The van der Waals surface area contributed by atoms with Gasteiger partial charge in [0.05, 0.1) is 13.2 Å². The van der Waals surface area contributed by atoms with Crippen LogP contribution in [0.15, 0.2) is 42.0 Å². The lowest BCUT2D eigenvalue weighted by atomic mass is 9.68. The first-order valence-corrected chi connectivity index (χ1v) is 7.85. The molecule has 2 aliphatic rings. The molecule has 1 saturated heterocycles. The van der Waals surface area contributed by atoms with Gasteiger partial charge in [-0.2, -0.15) is 0 Å². The summed E-state index contributed by atoms with van der Waals surface area (Å²) in [5, 5.41) is 0. The average Bonchev–Trinajstić information content (AvgIpc) is 2.93. The lowest BCUT2D eigenvalue weighted by Gasteiger charge is -2.43. The second-order valence-corrected chi connectivity index (χ2v) is 6.74. The molecular weight excluding hydrogens is 295 g/mol. The van der Waals surface area contributed by atoms with Crippen molar-refractivity contribution in [3.63, 3.8) is 0 Å². The van der Waals surface area contributed by atoms with E-state index in [0.717, 1.165) is 29.4 Å². The molecule has 1 aliphatic heterocycles. The molecule has 0 bridgehead atoms. The van der Waals surface area contributed by atoms with E-state index in [2.05, 4.69) is 13.8 Å². The second-order valence-electron chi connectivity index (χ2n) is 6.74. The highest BCUT2D eigenvalue weighted by atomic mass is 19.1. The van der Waals surface area contributed by atoms with Crippen LogP contribution in [0, 0.1) is 11.2 Å². The van der Waals surface area contributed by atoms with E-state index in [1.54, 1.807) is 12.1 Å². The van der Waals surface area contributed by atoms with Crippen molar-refractivity contribution in [1.82, 2.24) is 0 Å². The number of halogens is 1. The van der Waals surface area contributed by atoms with Gasteiger partial charge in [-0.15, -0.1) is 0 Å². The fourth-order valence-corrected chi connectivity index (χ4v) is 3.68. The molecule has 0 unspecified atom stereocenters. The predicted molar refractivity (Wildman–Crippen MR) is 86.2 cm³/mol. The van der Waals surface area contributed by atoms with E-state index in [-0.39, 0.29) is 11.2 Å². The Morgan fingerprint density at radius 1 is 1.13 bits per heavy atom. The summed E-state index contributed by atoms with van der Waals surface area (Å²) >= 11 is 0. The van der Waals surface area contributed by atoms with Crippen molar-refractivity contribution >= 4 is 11.9 Å². The number of allylic oxidation sites excluding steroid dienone is 3. The molecule has 1 heterocycles. The highest BCUT2D eigenvalue weighted by Crippen LogP contribution is 2.51. The lowest BCUT2D eigenvalue weighted by molar-refractivity contribution is -0.174. The third kappa shape index (κ3) is 3.14. The monoisotopic (exact) mass is 316 g/mol. The molecule has 0 aromatic heterocycles. The minimum Gasteiger partial charge on any atom is -0.347 e. The van der Waals surface area contributed by atoms with Gasteiger partial charge in [0.1, 0.15) is 12.1 Å². The summed E-state index contributed by atoms with van der Waals surface area (Å²) in [6.45, 7) is 5.42. The van der Waals surface area contributed by atoms with E-state index in [1.807, 2.05) is 6.08 Å². The van der Waals surface area contributed by atoms with E-state index in [4.69, 9.17) is 9.47 Å². The van der Waals surface area contributed by atoms with Crippen molar-refractivity contribution in [2.24, 2.45) is 5.41 Å². The molecule has 122 valence electrons. The Morgan fingerprint density at radius 3 is 2.39 bits per heavy atom. The first-order chi connectivity index (χ1) is 11.0. The van der Waals surface area contributed by atoms with Crippen molar-refractivity contribution in [2.75, 3.05) is 13.2 Å². The Balaban J connectivity index is 2.12. The zero-order chi connectivity index (χ0) is 16.5. The van der Waals surface area contributed by atoms with Crippen LogP contribution in [-0.4, -0.2) is 25.3 Å². The standard InChI is InChI=1S/C19H21FO3/c1-18(2)13-19(22-10-11-23-19)12-16(17(18)4-3-9-21)14-5-7-15(20)8-6-14/h3-9H,10-13H2,1-2H3/b4-3+. The molecular formula is C19H21FO3. The van der Waals surface area contributed by atoms with Gasteiger partial charge < -0.3 is 9.47 Å². The number of rotatable bonds is 3. The van der Waals surface area contributed by atoms with Gasteiger partial charge in [0, 0.05) is 12.8 Å². The van der Waals surface area contributed by atoms with Crippen LogP contribution in [0.25, 0.3) is 5.57 Å². The van der Waals surface area contributed by atoms with Crippen LogP contribution in [-0.2, 0) is 14.3 Å². The van der Waals surface area contributed by atoms with Crippen molar-refractivity contribution < 1.29 is 18.7 Å². The quantitative estimate of drug-likeness (QED) is 0.627. The lowest BCUT2D eigenvalue weighted by Crippen LogP contribution is -2.41. The van der Waals surface area contributed by atoms with Crippen LogP contribution in [0.5, 0.6) is 0 Å². The molecule has 0 N–H and O–H groups in total. The van der Waals surface area contributed by atoms with E-state index in [1.165, 1.54) is 18.2 Å². The van der Waals surface area contributed by atoms with Crippen molar-refractivity contribution in [3.8, 4) is 0 Å². The maximum Gasteiger partial charge on any atom is 0.173 e. The Labute approximate surface area is 135 Å². The number of hydrogen-bond donors (Lipinski definition) is 0. The number of aldehydes is 1. The van der Waals surface area contributed by atoms with Gasteiger partial charge >= 0.3 is 0 Å². The molecule has 1 spiro atoms. The molecule has 0 amide bonds. The van der Waals surface area contributed by atoms with Gasteiger partial charge in [0.2, 0.25) is 0 Å². The summed E-state index contributed by atoms with van der Waals surface area (Å²) in [6.07, 6.45) is 5.46. The average molecular weight is 316 g/mol. The zero-order valence-corrected chi connectivity index (χ0v) is 13.5. The van der Waals surface area contributed by atoms with E-state index >= 15 is 0 Å². The molecule has 1 aromatic carbocycles. The molecule has 0 atom stereocenters. The topological polar surface area (TPSA) is 35.5 Å². The third-order valence-corrected chi connectivity index (χ3v) is 4.56. The predicted octanol–water partition coefficient (Wildman–Crippen LogP) is 3.90. The molecule has 3 rings (SSSR count). The summed E-state index contributed by atoms with van der Waals surface area (Å²) in [4.78, 5) is 10.8. The third-order valence-electron chi connectivity index (χ3n) is 4.56. The van der Waals surface area contributed by atoms with Gasteiger partial charge in [0.15, 0.2) is 5.79 Å². The Hall–Kier alpha value is -1.78. The largest absolute Gasteiger partial charge is 0.347 e. The summed E-state index contributed by atoms with van der Waals surface area (Å²) in [6, 6.07) is 6.44. The van der Waals surface area contributed by atoms with E-state index in [0.29, 0.717) is 19.6 Å². The SMILES string of the molecule is CC1(C)CC2(CC(c3ccc(F)cc3)=C1/C=C/C=O)OCCO2. The molecule has 1 aliphatic carbocycles. The zero-order valence-electron chi connectivity index (χ0n) is 13.5. The summed E-state index contributed by atoms with van der Waals surface area (Å²) in [5.41, 5.74) is 2.83. The fourth-order valence-electron chi connectivity index (χ4n) is 3.68. The number of ether oxygens (including phenoxy) is 2. The van der Waals surface area contributed by atoms with Gasteiger partial charge in [-0.05, 0) is 40.3 Å². The minimum absolute atomic E-state index is 0.216. The second kappa shape index (κ2) is 6.02. The molecule has 0 radical (unpaired) electrons. The number of benzene rings is 1. The van der Waals surface area contributed by atoms with Crippen LogP contribution in [0.1, 0.15) is 32.3 Å². The van der Waals surface area contributed by atoms with Gasteiger partial charge in [-0.25, -0.2) is 4.39 Å². The Kier molecular flexibility index (Phi) is 4.21. The normalized spacial score (nSPS) is 22.9. The van der Waals surface area contributed by atoms with Crippen molar-refractivity contribution in [3.05, 3.63) is 53.4 Å². The molecule has 1 fully saturated rings. The first-order valence-electron chi connectivity index (χ1n) is 7.85. The van der Waals surface area contributed by atoms with Crippen LogP contribution in [0.4, 0.5) is 4.39 Å². The smallest absolute Gasteiger partial charge is 0.173 e. The molecule has 1 aromatic rings. The minimum atomic E-state index is -0.619. The molecule has 23 heavy (non-hydrogen) atoms. The van der Waals surface area contributed by atoms with Gasteiger partial charge in [0.25, 0.3) is 0 Å². The number of carbonyl (C=O) groups is 1. The molecule has 0 saturated carbocycles. The highest BCUT2D eigenvalue weighted by Gasteiger charge is 2.47. The molecule has 4 heteroatoms. The maximum atomic E-state index is 13.3. The van der Waals surface area contributed by atoms with Gasteiger partial charge in [-0.3, -0.25) is 4.79 Å². The fraction of sp³-hybridized carbons (Fsp3) is 0.421. The Bertz CT molecular complexity index is 650. The van der Waals surface area contributed by atoms with Crippen LogP contribution < -0.4 is 0 Å². The Morgan fingerprint density at radius 2 is 1.78 bits per heavy atom. The molecule has 3 nitrogen and oxygen atoms in total. The number of carbonyl (C=O) groups excluding carboxylic acids is 1. The van der Waals surface area contributed by atoms with Crippen LogP contribution in [0.3, 0.4) is 0 Å². The van der Waals surface area contributed by atoms with Crippen molar-refractivity contribution in [2.45, 2.75) is 32.5 Å². The number of hydrogen-bond acceptors (Lipinski definition) is 3. The van der Waals surface area contributed by atoms with Crippen LogP contribution >= 0.6 is 0 Å². The van der Waals surface area contributed by atoms with E-state index < -0.39 is 5.79 Å². The highest BCUT2D eigenvalue weighted by molar-refractivity contribution is 5.76. The first kappa shape index (κ1) is 16.1. The van der Waals surface area contributed by atoms with Gasteiger partial charge in [-0.1, -0.05) is 32.1 Å².